The third-order valence-electron chi connectivity index (χ3n) is 1.76. The van der Waals surface area contributed by atoms with Crippen molar-refractivity contribution in [2.75, 3.05) is 0 Å². The lowest BCUT2D eigenvalue weighted by Gasteiger charge is -2.07. The van der Waals surface area contributed by atoms with Gasteiger partial charge < -0.3 is 0 Å². The quantitative estimate of drug-likeness (QED) is 0.790. The maximum absolute atomic E-state index is 13.0. The second kappa shape index (κ2) is 2.98. The van der Waals surface area contributed by atoms with Crippen LogP contribution in [0.4, 0.5) is 8.78 Å². The van der Waals surface area contributed by atoms with Gasteiger partial charge >= 0.3 is 5.92 Å². The number of nitrogens with zero attached hydrogens (tertiary/aromatic N) is 3. The van der Waals surface area contributed by atoms with E-state index < -0.39 is 5.92 Å². The Bertz CT molecular complexity index is 475. The van der Waals surface area contributed by atoms with Crippen LogP contribution in [0.1, 0.15) is 12.7 Å². The van der Waals surface area contributed by atoms with Crippen LogP contribution in [-0.4, -0.2) is 14.6 Å². The number of halogens is 3. The summed E-state index contributed by atoms with van der Waals surface area (Å²) in [6, 6.07) is 3.34. The molecule has 3 nitrogen and oxygen atoms in total. The zero-order chi connectivity index (χ0) is 10.3. The van der Waals surface area contributed by atoms with Crippen LogP contribution in [0.5, 0.6) is 0 Å². The average Bonchev–Trinajstić information content (AvgIpc) is 2.45. The lowest BCUT2D eigenvalue weighted by molar-refractivity contribution is 0.00667. The van der Waals surface area contributed by atoms with Gasteiger partial charge in [0.1, 0.15) is 0 Å². The van der Waals surface area contributed by atoms with Crippen molar-refractivity contribution in [1.29, 1.82) is 0 Å². The lowest BCUT2D eigenvalue weighted by Crippen LogP contribution is -2.12. The molecule has 0 saturated carbocycles. The fourth-order valence-electron chi connectivity index (χ4n) is 1.16. The van der Waals surface area contributed by atoms with Crippen molar-refractivity contribution in [3.8, 4) is 0 Å². The van der Waals surface area contributed by atoms with E-state index in [4.69, 9.17) is 0 Å². The number of fused-ring (bicyclic) bond motifs is 1. The van der Waals surface area contributed by atoms with Gasteiger partial charge in [0.15, 0.2) is 5.65 Å². The Hall–Kier alpha value is -1.04. The van der Waals surface area contributed by atoms with E-state index in [0.29, 0.717) is 10.1 Å². The molecule has 6 heteroatoms. The smallest absolute Gasteiger partial charge is 0.280 e. The molecule has 0 fully saturated rings. The Morgan fingerprint density at radius 2 is 2.07 bits per heavy atom. The summed E-state index contributed by atoms with van der Waals surface area (Å²) < 4.78 is 28.0. The summed E-state index contributed by atoms with van der Waals surface area (Å²) in [6.07, 6.45) is 1.52. The maximum Gasteiger partial charge on any atom is 0.304 e. The van der Waals surface area contributed by atoms with Gasteiger partial charge in [-0.3, -0.25) is 4.40 Å². The van der Waals surface area contributed by atoms with E-state index >= 15 is 0 Å². The summed E-state index contributed by atoms with van der Waals surface area (Å²) in [5.41, 5.74) is 0.407. The predicted molar refractivity (Wildman–Crippen MR) is 50.3 cm³/mol. The van der Waals surface area contributed by atoms with Crippen LogP contribution >= 0.6 is 15.9 Å². The third kappa shape index (κ3) is 1.50. The lowest BCUT2D eigenvalue weighted by atomic mass is 10.3. The van der Waals surface area contributed by atoms with Crippen LogP contribution in [-0.2, 0) is 5.92 Å². The Kier molecular flexibility index (Phi) is 2.02. The number of rotatable bonds is 1. The standard InChI is InChI=1S/C8H6BrF2N3/c1-8(10,11)7-13-12-6-3-2-5(9)4-14(6)7/h2-4H,1H3. The largest absolute Gasteiger partial charge is 0.304 e. The SMILES string of the molecule is CC(F)(F)c1nnc2ccc(Br)cn12. The average molecular weight is 262 g/mol. The van der Waals surface area contributed by atoms with Crippen molar-refractivity contribution in [3.05, 3.63) is 28.6 Å². The monoisotopic (exact) mass is 261 g/mol. The molecule has 0 saturated heterocycles. The van der Waals surface area contributed by atoms with E-state index in [1.54, 1.807) is 12.1 Å². The summed E-state index contributed by atoms with van der Waals surface area (Å²) in [4.78, 5) is 0. The van der Waals surface area contributed by atoms with Crippen LogP contribution in [0.3, 0.4) is 0 Å². The number of aromatic nitrogens is 3. The first kappa shape index (κ1) is 9.51. The summed E-state index contributed by atoms with van der Waals surface area (Å²) in [5.74, 6) is -3.34. The fraction of sp³-hybridized carbons (Fsp3) is 0.250. The van der Waals surface area contributed by atoms with Crippen molar-refractivity contribution < 1.29 is 8.78 Å². The van der Waals surface area contributed by atoms with Gasteiger partial charge in [-0.1, -0.05) is 0 Å². The van der Waals surface area contributed by atoms with E-state index in [9.17, 15) is 8.78 Å². The molecule has 0 N–H and O–H groups in total. The molecule has 0 aliphatic rings. The van der Waals surface area contributed by atoms with Crippen LogP contribution in [0.15, 0.2) is 22.8 Å². The molecule has 2 aromatic heterocycles. The Balaban J connectivity index is 2.73. The molecular formula is C8H6BrF2N3. The van der Waals surface area contributed by atoms with Gasteiger partial charge in [0.25, 0.3) is 0 Å². The van der Waals surface area contributed by atoms with E-state index in [0.717, 1.165) is 6.92 Å². The van der Waals surface area contributed by atoms with Gasteiger partial charge in [0.2, 0.25) is 5.82 Å². The minimum atomic E-state index is -2.99. The molecule has 0 unspecified atom stereocenters. The molecule has 0 aliphatic heterocycles. The molecule has 0 amide bonds. The number of alkyl halides is 2. The predicted octanol–water partition coefficient (Wildman–Crippen LogP) is 2.60. The van der Waals surface area contributed by atoms with Gasteiger partial charge in [0, 0.05) is 17.6 Å². The Morgan fingerprint density at radius 1 is 1.36 bits per heavy atom. The number of pyridine rings is 1. The van der Waals surface area contributed by atoms with Gasteiger partial charge in [-0.25, -0.2) is 0 Å². The maximum atomic E-state index is 13.0. The molecule has 0 bridgehead atoms. The molecular weight excluding hydrogens is 256 g/mol. The molecule has 74 valence electrons. The van der Waals surface area contributed by atoms with Crippen LogP contribution in [0.2, 0.25) is 0 Å². The normalized spacial score (nSPS) is 12.3. The van der Waals surface area contributed by atoms with Crippen LogP contribution in [0.25, 0.3) is 5.65 Å². The number of hydrogen-bond acceptors (Lipinski definition) is 2. The molecule has 0 atom stereocenters. The van der Waals surface area contributed by atoms with Gasteiger partial charge in [-0.2, -0.15) is 8.78 Å². The van der Waals surface area contributed by atoms with E-state index in [-0.39, 0.29) is 5.82 Å². The zero-order valence-corrected chi connectivity index (χ0v) is 8.79. The van der Waals surface area contributed by atoms with Gasteiger partial charge in [-0.05, 0) is 28.1 Å². The highest BCUT2D eigenvalue weighted by atomic mass is 79.9. The van der Waals surface area contributed by atoms with E-state index in [2.05, 4.69) is 26.1 Å². The minimum absolute atomic E-state index is 0.353. The highest BCUT2D eigenvalue weighted by Gasteiger charge is 2.30. The van der Waals surface area contributed by atoms with Gasteiger partial charge in [-0.15, -0.1) is 10.2 Å². The first-order chi connectivity index (χ1) is 6.48. The van der Waals surface area contributed by atoms with Crippen LogP contribution in [0, 0.1) is 0 Å². The van der Waals surface area contributed by atoms with E-state index in [1.807, 2.05) is 0 Å². The number of hydrogen-bond donors (Lipinski definition) is 0. The summed E-state index contributed by atoms with van der Waals surface area (Å²) >= 11 is 3.20. The third-order valence-corrected chi connectivity index (χ3v) is 2.23. The molecule has 0 spiro atoms. The van der Waals surface area contributed by atoms with Crippen molar-refractivity contribution in [1.82, 2.24) is 14.6 Å². The molecule has 0 radical (unpaired) electrons. The molecule has 2 heterocycles. The first-order valence-electron chi connectivity index (χ1n) is 3.87. The molecule has 14 heavy (non-hydrogen) atoms. The first-order valence-corrected chi connectivity index (χ1v) is 4.66. The second-order valence-electron chi connectivity index (χ2n) is 2.99. The highest BCUT2D eigenvalue weighted by molar-refractivity contribution is 9.10. The molecule has 0 aromatic carbocycles. The Morgan fingerprint density at radius 3 is 2.71 bits per heavy atom. The fourth-order valence-corrected chi connectivity index (χ4v) is 1.50. The van der Waals surface area contributed by atoms with Crippen molar-refractivity contribution in [2.45, 2.75) is 12.8 Å². The molecule has 2 aromatic rings. The Labute approximate surface area is 86.9 Å². The molecule has 2 rings (SSSR count). The summed E-state index contributed by atoms with van der Waals surface area (Å²) in [5, 5.41) is 7.09. The van der Waals surface area contributed by atoms with Crippen molar-refractivity contribution in [3.63, 3.8) is 0 Å². The second-order valence-corrected chi connectivity index (χ2v) is 3.90. The summed E-state index contributed by atoms with van der Waals surface area (Å²) in [7, 11) is 0. The van der Waals surface area contributed by atoms with E-state index in [1.165, 1.54) is 10.6 Å². The molecule has 0 aliphatic carbocycles. The minimum Gasteiger partial charge on any atom is -0.280 e. The van der Waals surface area contributed by atoms with Crippen molar-refractivity contribution in [2.24, 2.45) is 0 Å². The zero-order valence-electron chi connectivity index (χ0n) is 7.21. The highest BCUT2D eigenvalue weighted by Crippen LogP contribution is 2.26. The van der Waals surface area contributed by atoms with Gasteiger partial charge in [0.05, 0.1) is 0 Å². The van der Waals surface area contributed by atoms with Crippen molar-refractivity contribution >= 4 is 21.6 Å². The topological polar surface area (TPSA) is 30.2 Å². The summed E-state index contributed by atoms with van der Waals surface area (Å²) in [6.45, 7) is 0.796. The van der Waals surface area contributed by atoms with Crippen LogP contribution < -0.4 is 0 Å².